The Hall–Kier alpha value is -2.09. The SMILES string of the molecule is CCCCCCC(=O)NC(=S)Nc1cc([N+](=O)[O-])ccc1F. The zero-order chi connectivity index (χ0) is 16.5. The molecule has 120 valence electrons. The summed E-state index contributed by atoms with van der Waals surface area (Å²) in [6.07, 6.45) is 4.19. The molecule has 0 bridgehead atoms. The first kappa shape index (κ1) is 18.0. The van der Waals surface area contributed by atoms with Crippen molar-refractivity contribution in [1.29, 1.82) is 0 Å². The van der Waals surface area contributed by atoms with E-state index in [1.54, 1.807) is 0 Å². The van der Waals surface area contributed by atoms with Crippen molar-refractivity contribution < 1.29 is 14.1 Å². The molecular weight excluding hydrogens is 309 g/mol. The Morgan fingerprint density at radius 2 is 2.09 bits per heavy atom. The van der Waals surface area contributed by atoms with Crippen LogP contribution in [0.2, 0.25) is 0 Å². The van der Waals surface area contributed by atoms with Gasteiger partial charge in [-0.3, -0.25) is 14.9 Å². The van der Waals surface area contributed by atoms with E-state index in [4.69, 9.17) is 12.2 Å². The monoisotopic (exact) mass is 327 g/mol. The smallest absolute Gasteiger partial charge is 0.271 e. The van der Waals surface area contributed by atoms with Crippen molar-refractivity contribution in [3.05, 3.63) is 34.1 Å². The van der Waals surface area contributed by atoms with Crippen molar-refractivity contribution >= 4 is 34.6 Å². The summed E-state index contributed by atoms with van der Waals surface area (Å²) in [5.41, 5.74) is -0.414. The molecule has 0 unspecified atom stereocenters. The first-order valence-electron chi connectivity index (χ1n) is 6.98. The Bertz CT molecular complexity index is 566. The number of nitro benzene ring substituents is 1. The molecule has 2 N–H and O–H groups in total. The number of nitrogens with one attached hydrogen (secondary N) is 2. The third kappa shape index (κ3) is 6.13. The summed E-state index contributed by atoms with van der Waals surface area (Å²) in [6.45, 7) is 2.08. The number of benzene rings is 1. The summed E-state index contributed by atoms with van der Waals surface area (Å²) < 4.78 is 13.6. The maximum Gasteiger partial charge on any atom is 0.271 e. The number of hydrogen-bond acceptors (Lipinski definition) is 4. The minimum absolute atomic E-state index is 0.0834. The van der Waals surface area contributed by atoms with Gasteiger partial charge in [0.1, 0.15) is 5.82 Å². The standard InChI is InChI=1S/C14H18FN3O3S/c1-2-3-4-5-6-13(19)17-14(22)16-12-9-10(18(20)21)7-8-11(12)15/h7-9H,2-6H2,1H3,(H2,16,17,19,22). The molecule has 0 aromatic heterocycles. The van der Waals surface area contributed by atoms with Crippen LogP contribution < -0.4 is 10.6 Å². The first-order chi connectivity index (χ1) is 10.4. The summed E-state index contributed by atoms with van der Waals surface area (Å²) in [4.78, 5) is 21.6. The summed E-state index contributed by atoms with van der Waals surface area (Å²) in [5.74, 6) is -0.954. The molecule has 0 radical (unpaired) electrons. The van der Waals surface area contributed by atoms with Crippen LogP contribution in [0.1, 0.15) is 39.0 Å². The van der Waals surface area contributed by atoms with Crippen LogP contribution in [-0.4, -0.2) is 15.9 Å². The van der Waals surface area contributed by atoms with Crippen molar-refractivity contribution in [2.24, 2.45) is 0 Å². The lowest BCUT2D eigenvalue weighted by Crippen LogP contribution is -2.34. The normalized spacial score (nSPS) is 10.1. The molecule has 0 atom stereocenters. The third-order valence-electron chi connectivity index (χ3n) is 2.92. The van der Waals surface area contributed by atoms with Crippen LogP contribution in [0.25, 0.3) is 0 Å². The predicted molar refractivity (Wildman–Crippen MR) is 86.2 cm³/mol. The van der Waals surface area contributed by atoms with E-state index < -0.39 is 10.7 Å². The number of non-ortho nitro benzene ring substituents is 1. The average molecular weight is 327 g/mol. The molecule has 0 aliphatic heterocycles. The average Bonchev–Trinajstić information content (AvgIpc) is 2.45. The molecular formula is C14H18FN3O3S. The molecule has 1 rings (SSSR count). The molecule has 0 saturated carbocycles. The lowest BCUT2D eigenvalue weighted by molar-refractivity contribution is -0.384. The van der Waals surface area contributed by atoms with Crippen LogP contribution in [0.5, 0.6) is 0 Å². The van der Waals surface area contributed by atoms with Gasteiger partial charge in [-0.1, -0.05) is 26.2 Å². The van der Waals surface area contributed by atoms with E-state index in [0.717, 1.165) is 43.9 Å². The second-order valence-electron chi connectivity index (χ2n) is 4.73. The van der Waals surface area contributed by atoms with Crippen LogP contribution in [0.4, 0.5) is 15.8 Å². The number of amides is 1. The largest absolute Gasteiger partial charge is 0.330 e. The molecule has 1 aromatic carbocycles. The molecule has 1 amide bonds. The van der Waals surface area contributed by atoms with Gasteiger partial charge in [0.25, 0.3) is 5.69 Å². The van der Waals surface area contributed by atoms with Gasteiger partial charge in [0.15, 0.2) is 5.11 Å². The summed E-state index contributed by atoms with van der Waals surface area (Å²) in [5, 5.41) is 15.5. The number of anilines is 1. The molecule has 0 aliphatic carbocycles. The number of carbonyl (C=O) groups excluding carboxylic acids is 1. The van der Waals surface area contributed by atoms with Crippen LogP contribution >= 0.6 is 12.2 Å². The maximum atomic E-state index is 13.6. The van der Waals surface area contributed by atoms with E-state index in [0.29, 0.717) is 6.42 Å². The zero-order valence-electron chi connectivity index (χ0n) is 12.2. The number of nitrogens with zero attached hydrogens (tertiary/aromatic N) is 1. The van der Waals surface area contributed by atoms with E-state index in [1.807, 2.05) is 0 Å². The minimum atomic E-state index is -0.690. The number of unbranched alkanes of at least 4 members (excludes halogenated alkanes) is 3. The first-order valence-corrected chi connectivity index (χ1v) is 7.39. The van der Waals surface area contributed by atoms with E-state index in [2.05, 4.69) is 17.6 Å². The Morgan fingerprint density at radius 3 is 2.73 bits per heavy atom. The summed E-state index contributed by atoms with van der Waals surface area (Å²) in [6, 6.07) is 3.04. The van der Waals surface area contributed by atoms with Crippen LogP contribution in [0.3, 0.4) is 0 Å². The fraction of sp³-hybridized carbons (Fsp3) is 0.429. The Kier molecular flexibility index (Phi) is 7.38. The molecule has 0 spiro atoms. The van der Waals surface area contributed by atoms with Crippen LogP contribution in [0, 0.1) is 15.9 Å². The van der Waals surface area contributed by atoms with E-state index in [-0.39, 0.29) is 22.4 Å². The van der Waals surface area contributed by atoms with Gasteiger partial charge in [-0.25, -0.2) is 4.39 Å². The molecule has 8 heteroatoms. The van der Waals surface area contributed by atoms with E-state index in [9.17, 15) is 19.3 Å². The van der Waals surface area contributed by atoms with Gasteiger partial charge in [-0.2, -0.15) is 0 Å². The number of nitro groups is 1. The quantitative estimate of drug-likeness (QED) is 0.346. The maximum absolute atomic E-state index is 13.6. The van der Waals surface area contributed by atoms with Crippen molar-refractivity contribution in [1.82, 2.24) is 5.32 Å². The fourth-order valence-corrected chi connectivity index (χ4v) is 2.00. The molecule has 6 nitrogen and oxygen atoms in total. The van der Waals surface area contributed by atoms with Crippen LogP contribution in [0.15, 0.2) is 18.2 Å². The lowest BCUT2D eigenvalue weighted by atomic mass is 10.1. The predicted octanol–water partition coefficient (Wildman–Crippen LogP) is 3.52. The highest BCUT2D eigenvalue weighted by molar-refractivity contribution is 7.80. The number of thiocarbonyl (C=S) groups is 1. The van der Waals surface area contributed by atoms with Gasteiger partial charge in [0, 0.05) is 18.6 Å². The highest BCUT2D eigenvalue weighted by atomic mass is 32.1. The number of carbonyl (C=O) groups is 1. The van der Waals surface area contributed by atoms with E-state index in [1.165, 1.54) is 0 Å². The molecule has 0 heterocycles. The summed E-state index contributed by atoms with van der Waals surface area (Å²) in [7, 11) is 0. The molecule has 1 aromatic rings. The molecule has 0 fully saturated rings. The lowest BCUT2D eigenvalue weighted by Gasteiger charge is -2.10. The topological polar surface area (TPSA) is 84.3 Å². The van der Waals surface area contributed by atoms with Gasteiger partial charge in [-0.05, 0) is 24.7 Å². The Morgan fingerprint density at radius 1 is 1.36 bits per heavy atom. The number of hydrogen-bond donors (Lipinski definition) is 2. The highest BCUT2D eigenvalue weighted by Crippen LogP contribution is 2.21. The molecule has 0 saturated heterocycles. The van der Waals surface area contributed by atoms with Crippen molar-refractivity contribution in [2.75, 3.05) is 5.32 Å². The van der Waals surface area contributed by atoms with Gasteiger partial charge in [0.05, 0.1) is 10.6 Å². The van der Waals surface area contributed by atoms with Crippen molar-refractivity contribution in [2.45, 2.75) is 39.0 Å². The number of rotatable bonds is 7. The Labute approximate surface area is 133 Å². The van der Waals surface area contributed by atoms with E-state index >= 15 is 0 Å². The molecule has 22 heavy (non-hydrogen) atoms. The highest BCUT2D eigenvalue weighted by Gasteiger charge is 2.12. The van der Waals surface area contributed by atoms with Gasteiger partial charge < -0.3 is 10.6 Å². The van der Waals surface area contributed by atoms with Gasteiger partial charge in [0.2, 0.25) is 5.91 Å². The van der Waals surface area contributed by atoms with Gasteiger partial charge >= 0.3 is 0 Å². The third-order valence-corrected chi connectivity index (χ3v) is 3.12. The molecule has 0 aliphatic rings. The minimum Gasteiger partial charge on any atom is -0.330 e. The summed E-state index contributed by atoms with van der Waals surface area (Å²) >= 11 is 4.90. The van der Waals surface area contributed by atoms with Crippen LogP contribution in [-0.2, 0) is 4.79 Å². The van der Waals surface area contributed by atoms with Gasteiger partial charge in [-0.15, -0.1) is 0 Å². The van der Waals surface area contributed by atoms with Crippen molar-refractivity contribution in [3.63, 3.8) is 0 Å². The second-order valence-corrected chi connectivity index (χ2v) is 5.14. The fourth-order valence-electron chi connectivity index (χ4n) is 1.78. The zero-order valence-corrected chi connectivity index (χ0v) is 13.0. The second kappa shape index (κ2) is 9.04. The number of halogens is 1. The Balaban J connectivity index is 2.52. The van der Waals surface area contributed by atoms with Crippen molar-refractivity contribution in [3.8, 4) is 0 Å².